The molecule has 0 atom stereocenters. The van der Waals surface area contributed by atoms with E-state index in [4.69, 9.17) is 0 Å². The zero-order valence-corrected chi connectivity index (χ0v) is 17.7. The molecule has 7 nitrogen and oxygen atoms in total. The number of carbonyl (C=O) groups is 1. The zero-order chi connectivity index (χ0) is 20.2. The van der Waals surface area contributed by atoms with Crippen LogP contribution >= 0.6 is 34.4 Å². The summed E-state index contributed by atoms with van der Waals surface area (Å²) in [5, 5.41) is 16.8. The summed E-state index contributed by atoms with van der Waals surface area (Å²) >= 11 is 4.40. The maximum Gasteiger partial charge on any atom is 0.230 e. The molecule has 4 aromatic rings. The van der Waals surface area contributed by atoms with Crippen molar-refractivity contribution >= 4 is 51.2 Å². The number of anilines is 2. The van der Waals surface area contributed by atoms with Crippen molar-refractivity contribution in [2.75, 3.05) is 4.90 Å². The van der Waals surface area contributed by atoms with Gasteiger partial charge in [0.2, 0.25) is 11.1 Å². The highest BCUT2D eigenvalue weighted by Gasteiger charge is 2.21. The van der Waals surface area contributed by atoms with Gasteiger partial charge in [-0.05, 0) is 34.0 Å². The van der Waals surface area contributed by atoms with Gasteiger partial charge in [-0.2, -0.15) is 0 Å². The van der Waals surface area contributed by atoms with Crippen molar-refractivity contribution in [3.8, 4) is 0 Å². The van der Waals surface area contributed by atoms with Gasteiger partial charge < -0.3 is 0 Å². The molecule has 0 aliphatic rings. The monoisotopic (exact) mass is 446 g/mol. The average Bonchev–Trinajstić information content (AvgIpc) is 3.45. The number of rotatable bonds is 7. The Morgan fingerprint density at radius 3 is 2.86 bits per heavy atom. The molecular weight excluding hydrogens is 431 g/mol. The Morgan fingerprint density at radius 2 is 2.10 bits per heavy atom. The highest BCUT2D eigenvalue weighted by atomic mass is 32.2. The molecule has 148 valence electrons. The molecule has 0 spiro atoms. The number of hydrogen-bond acceptors (Lipinski definition) is 8. The van der Waals surface area contributed by atoms with Crippen LogP contribution in [-0.4, -0.2) is 31.1 Å². The van der Waals surface area contributed by atoms with Gasteiger partial charge in [0.1, 0.15) is 5.82 Å². The van der Waals surface area contributed by atoms with Crippen molar-refractivity contribution in [2.45, 2.75) is 24.4 Å². The number of para-hydroxylation sites is 1. The first-order valence-corrected chi connectivity index (χ1v) is 11.3. The summed E-state index contributed by atoms with van der Waals surface area (Å²) in [7, 11) is 0. The van der Waals surface area contributed by atoms with Gasteiger partial charge >= 0.3 is 0 Å². The van der Waals surface area contributed by atoms with E-state index in [0.717, 1.165) is 10.6 Å². The van der Waals surface area contributed by atoms with E-state index in [-0.39, 0.29) is 11.6 Å². The van der Waals surface area contributed by atoms with Gasteiger partial charge in [0.15, 0.2) is 5.13 Å². The molecule has 4 rings (SSSR count). The van der Waals surface area contributed by atoms with Gasteiger partial charge in [0.25, 0.3) is 0 Å². The van der Waals surface area contributed by atoms with E-state index in [1.165, 1.54) is 41.0 Å². The molecule has 29 heavy (non-hydrogen) atoms. The number of thiazole rings is 1. The minimum Gasteiger partial charge on any atom is -0.274 e. The number of hydrogen-bond donors (Lipinski definition) is 0. The van der Waals surface area contributed by atoms with Crippen LogP contribution in [0.25, 0.3) is 0 Å². The Hall–Kier alpha value is -2.63. The Morgan fingerprint density at radius 1 is 1.24 bits per heavy atom. The van der Waals surface area contributed by atoms with Crippen LogP contribution in [0.3, 0.4) is 0 Å². The molecule has 0 saturated carbocycles. The molecule has 3 heterocycles. The van der Waals surface area contributed by atoms with E-state index in [2.05, 4.69) is 20.5 Å². The third-order valence-corrected chi connectivity index (χ3v) is 6.60. The number of halogens is 1. The lowest BCUT2D eigenvalue weighted by molar-refractivity contribution is -0.115. The molecule has 0 aliphatic carbocycles. The van der Waals surface area contributed by atoms with Gasteiger partial charge in [-0.1, -0.05) is 30.0 Å². The Balaban J connectivity index is 1.48. The van der Waals surface area contributed by atoms with Gasteiger partial charge in [0, 0.05) is 22.9 Å². The minimum absolute atomic E-state index is 0.188. The summed E-state index contributed by atoms with van der Waals surface area (Å²) in [5.74, 6) is -0.241. The first-order valence-electron chi connectivity index (χ1n) is 8.53. The molecule has 11 heteroatoms. The van der Waals surface area contributed by atoms with Crippen molar-refractivity contribution < 1.29 is 9.18 Å². The van der Waals surface area contributed by atoms with Crippen LogP contribution in [0.1, 0.15) is 17.5 Å². The summed E-state index contributed by atoms with van der Waals surface area (Å²) in [5.41, 5.74) is 0.955. The first kappa shape index (κ1) is 19.7. The van der Waals surface area contributed by atoms with Crippen LogP contribution in [0.4, 0.5) is 15.2 Å². The lowest BCUT2D eigenvalue weighted by Gasteiger charge is -2.18. The molecule has 0 bridgehead atoms. The molecule has 0 unspecified atom stereocenters. The second-order valence-electron chi connectivity index (χ2n) is 5.91. The van der Waals surface area contributed by atoms with E-state index in [1.807, 2.05) is 22.9 Å². The van der Waals surface area contributed by atoms with Crippen LogP contribution in [0.2, 0.25) is 0 Å². The summed E-state index contributed by atoms with van der Waals surface area (Å²) in [4.78, 5) is 19.1. The maximum atomic E-state index is 14.2. The second kappa shape index (κ2) is 8.80. The van der Waals surface area contributed by atoms with Crippen molar-refractivity contribution in [3.05, 3.63) is 63.5 Å². The largest absolute Gasteiger partial charge is 0.274 e. The van der Waals surface area contributed by atoms with Crippen LogP contribution < -0.4 is 4.90 Å². The summed E-state index contributed by atoms with van der Waals surface area (Å²) in [6.07, 6.45) is 0. The van der Waals surface area contributed by atoms with Gasteiger partial charge in [-0.3, -0.25) is 9.69 Å². The molecular formula is C18H15FN6OS3. The number of aromatic nitrogens is 5. The zero-order valence-electron chi connectivity index (χ0n) is 15.2. The normalized spacial score (nSPS) is 11.0. The highest BCUT2D eigenvalue weighted by molar-refractivity contribution is 7.98. The number of tetrazole rings is 1. The Kier molecular flexibility index (Phi) is 5.97. The summed E-state index contributed by atoms with van der Waals surface area (Å²) in [6, 6.07) is 10.2. The van der Waals surface area contributed by atoms with Crippen LogP contribution in [-0.2, 0) is 17.1 Å². The molecule has 1 aromatic carbocycles. The molecule has 0 saturated heterocycles. The van der Waals surface area contributed by atoms with E-state index < -0.39 is 5.82 Å². The topological polar surface area (TPSA) is 76.8 Å². The fourth-order valence-corrected chi connectivity index (χ4v) is 5.03. The molecule has 3 aromatic heterocycles. The smallest absolute Gasteiger partial charge is 0.230 e. The predicted octanol–water partition coefficient (Wildman–Crippen LogP) is 4.36. The van der Waals surface area contributed by atoms with Gasteiger partial charge in [0.05, 0.1) is 17.9 Å². The van der Waals surface area contributed by atoms with E-state index in [1.54, 1.807) is 34.2 Å². The minimum atomic E-state index is -0.471. The second-order valence-corrected chi connectivity index (χ2v) is 8.73. The number of benzene rings is 1. The molecule has 0 N–H and O–H groups in total. The summed E-state index contributed by atoms with van der Waals surface area (Å²) < 4.78 is 15.9. The Labute approximate surface area is 178 Å². The highest BCUT2D eigenvalue weighted by Crippen LogP contribution is 2.32. The third kappa shape index (κ3) is 4.52. The van der Waals surface area contributed by atoms with E-state index >= 15 is 0 Å². The van der Waals surface area contributed by atoms with Crippen LogP contribution in [0.15, 0.2) is 52.3 Å². The quantitative estimate of drug-likeness (QED) is 0.393. The number of carbonyl (C=O) groups excluding carboxylic acids is 1. The standard InChI is InChI=1S/C18H15FN6OS3/c1-12(26)25(16-7-3-2-6-15(16)19)17-20-13(10-28-17)11-29-18-21-22-23-24(18)9-14-5-4-8-27-14/h2-8,10H,9,11H2,1H3. The molecule has 0 fully saturated rings. The molecule has 0 aliphatic heterocycles. The third-order valence-electron chi connectivity index (χ3n) is 3.87. The van der Waals surface area contributed by atoms with Crippen molar-refractivity contribution in [3.63, 3.8) is 0 Å². The van der Waals surface area contributed by atoms with Crippen LogP contribution in [0.5, 0.6) is 0 Å². The predicted molar refractivity (Wildman–Crippen MR) is 112 cm³/mol. The number of thiophene rings is 1. The average molecular weight is 447 g/mol. The number of nitrogens with zero attached hydrogens (tertiary/aromatic N) is 6. The van der Waals surface area contributed by atoms with Crippen molar-refractivity contribution in [1.29, 1.82) is 0 Å². The molecule has 1 amide bonds. The van der Waals surface area contributed by atoms with Gasteiger partial charge in [-0.15, -0.1) is 27.8 Å². The number of thioether (sulfide) groups is 1. The fourth-order valence-electron chi connectivity index (χ4n) is 2.59. The first-order chi connectivity index (χ1) is 14.1. The van der Waals surface area contributed by atoms with Crippen molar-refractivity contribution in [2.24, 2.45) is 0 Å². The van der Waals surface area contributed by atoms with Crippen LogP contribution in [0, 0.1) is 5.82 Å². The Bertz CT molecular complexity index is 1110. The SMILES string of the molecule is CC(=O)N(c1nc(CSc2nnnn2Cc2cccs2)cs1)c1ccccc1F. The molecule has 0 radical (unpaired) electrons. The van der Waals surface area contributed by atoms with E-state index in [9.17, 15) is 9.18 Å². The fraction of sp³-hybridized carbons (Fsp3) is 0.167. The van der Waals surface area contributed by atoms with Gasteiger partial charge in [-0.25, -0.2) is 14.1 Å². The van der Waals surface area contributed by atoms with E-state index in [0.29, 0.717) is 22.6 Å². The summed E-state index contributed by atoms with van der Waals surface area (Å²) in [6.45, 7) is 2.00. The maximum absolute atomic E-state index is 14.2. The lowest BCUT2D eigenvalue weighted by atomic mass is 10.3. The van der Waals surface area contributed by atoms with Crippen molar-refractivity contribution in [1.82, 2.24) is 25.2 Å². The lowest BCUT2D eigenvalue weighted by Crippen LogP contribution is -2.23. The number of amides is 1.